The van der Waals surface area contributed by atoms with E-state index in [9.17, 15) is 9.90 Å². The average molecular weight is 256 g/mol. The van der Waals surface area contributed by atoms with Crippen LogP contribution in [0.25, 0.3) is 0 Å². The first kappa shape index (κ1) is 14.2. The Labute approximate surface area is 106 Å². The second-order valence-corrected chi connectivity index (χ2v) is 5.94. The lowest BCUT2D eigenvalue weighted by atomic mass is 9.87. The van der Waals surface area contributed by atoms with Crippen LogP contribution < -0.4 is 11.1 Å². The molecule has 0 aliphatic carbocycles. The van der Waals surface area contributed by atoms with Crippen molar-refractivity contribution in [2.75, 3.05) is 6.54 Å². The summed E-state index contributed by atoms with van der Waals surface area (Å²) in [7, 11) is 0. The highest BCUT2D eigenvalue weighted by molar-refractivity contribution is 7.07. The van der Waals surface area contributed by atoms with Gasteiger partial charge >= 0.3 is 0 Å². The molecule has 0 radical (unpaired) electrons. The molecule has 4 nitrogen and oxygen atoms in total. The van der Waals surface area contributed by atoms with Gasteiger partial charge in [-0.1, -0.05) is 20.8 Å². The molecule has 1 aromatic heterocycles. The molecule has 1 rings (SSSR count). The van der Waals surface area contributed by atoms with Gasteiger partial charge in [0.1, 0.15) is 0 Å². The van der Waals surface area contributed by atoms with Crippen molar-refractivity contribution < 1.29 is 9.90 Å². The topological polar surface area (TPSA) is 75.4 Å². The van der Waals surface area contributed by atoms with Gasteiger partial charge in [-0.2, -0.15) is 11.3 Å². The van der Waals surface area contributed by atoms with Gasteiger partial charge in [0, 0.05) is 6.54 Å². The first-order valence-corrected chi connectivity index (χ1v) is 6.50. The fourth-order valence-electron chi connectivity index (χ4n) is 1.28. The summed E-state index contributed by atoms with van der Waals surface area (Å²) in [5.41, 5.74) is 6.35. The van der Waals surface area contributed by atoms with Gasteiger partial charge < -0.3 is 16.2 Å². The van der Waals surface area contributed by atoms with Crippen molar-refractivity contribution in [2.24, 2.45) is 11.1 Å². The number of carbonyl (C=O) groups excluding carboxylic acids is 1. The van der Waals surface area contributed by atoms with E-state index in [1.807, 2.05) is 37.6 Å². The molecule has 0 fully saturated rings. The summed E-state index contributed by atoms with van der Waals surface area (Å²) in [6.45, 7) is 5.92. The van der Waals surface area contributed by atoms with Gasteiger partial charge in [0.25, 0.3) is 0 Å². The quantitative estimate of drug-likeness (QED) is 0.759. The van der Waals surface area contributed by atoms with Crippen molar-refractivity contribution in [3.63, 3.8) is 0 Å². The molecule has 1 unspecified atom stereocenters. The summed E-state index contributed by atoms with van der Waals surface area (Å²) in [4.78, 5) is 11.7. The summed E-state index contributed by atoms with van der Waals surface area (Å²) in [6, 6.07) is 1.27. The van der Waals surface area contributed by atoms with E-state index < -0.39 is 12.1 Å². The summed E-state index contributed by atoms with van der Waals surface area (Å²) in [6.07, 6.45) is -0.669. The largest absolute Gasteiger partial charge is 0.387 e. The molecular formula is C12H20N2O2S. The molecule has 96 valence electrons. The van der Waals surface area contributed by atoms with Crippen molar-refractivity contribution in [1.82, 2.24) is 5.32 Å². The Bertz CT molecular complexity index is 357. The molecular weight excluding hydrogens is 236 g/mol. The summed E-state index contributed by atoms with van der Waals surface area (Å²) in [5.74, 6) is -0.230. The van der Waals surface area contributed by atoms with Gasteiger partial charge in [0.2, 0.25) is 5.91 Å². The Kier molecular flexibility index (Phi) is 4.68. The number of aliphatic hydroxyl groups is 1. The molecule has 0 aromatic carbocycles. The van der Waals surface area contributed by atoms with E-state index in [1.165, 1.54) is 11.3 Å². The Morgan fingerprint density at radius 1 is 1.59 bits per heavy atom. The van der Waals surface area contributed by atoms with Gasteiger partial charge in [-0.25, -0.2) is 0 Å². The second-order valence-electron chi connectivity index (χ2n) is 5.16. The van der Waals surface area contributed by atoms with Crippen LogP contribution in [-0.4, -0.2) is 23.6 Å². The minimum absolute atomic E-state index is 0.194. The van der Waals surface area contributed by atoms with E-state index in [1.54, 1.807) is 0 Å². The fraction of sp³-hybridized carbons (Fsp3) is 0.583. The third-order valence-electron chi connectivity index (χ3n) is 2.61. The third kappa shape index (κ3) is 4.11. The van der Waals surface area contributed by atoms with Crippen molar-refractivity contribution in [1.29, 1.82) is 0 Å². The van der Waals surface area contributed by atoms with E-state index >= 15 is 0 Å². The van der Waals surface area contributed by atoms with Crippen molar-refractivity contribution >= 4 is 17.2 Å². The summed E-state index contributed by atoms with van der Waals surface area (Å²) >= 11 is 1.52. The van der Waals surface area contributed by atoms with Crippen LogP contribution in [0.5, 0.6) is 0 Å². The Morgan fingerprint density at radius 3 is 2.71 bits per heavy atom. The minimum atomic E-state index is -0.669. The molecule has 5 heteroatoms. The number of nitrogens with one attached hydrogen (secondary N) is 1. The SMILES string of the molecule is CC(C)(C)[C@H](N)C(=O)NCC(O)c1ccsc1. The number of aliphatic hydroxyl groups excluding tert-OH is 1. The predicted octanol–water partition coefficient (Wildman–Crippen LogP) is 1.27. The lowest BCUT2D eigenvalue weighted by molar-refractivity contribution is -0.125. The van der Waals surface area contributed by atoms with Crippen molar-refractivity contribution in [3.05, 3.63) is 22.4 Å². The zero-order valence-corrected chi connectivity index (χ0v) is 11.3. The molecule has 1 heterocycles. The third-order valence-corrected chi connectivity index (χ3v) is 3.31. The second kappa shape index (κ2) is 5.62. The van der Waals surface area contributed by atoms with Crippen LogP contribution in [0.1, 0.15) is 32.4 Å². The van der Waals surface area contributed by atoms with Crippen LogP contribution in [0.4, 0.5) is 0 Å². The Hall–Kier alpha value is -0.910. The highest BCUT2D eigenvalue weighted by Crippen LogP contribution is 2.18. The molecule has 2 atom stereocenters. The maximum atomic E-state index is 11.7. The smallest absolute Gasteiger partial charge is 0.237 e. The number of hydrogen-bond acceptors (Lipinski definition) is 4. The lowest BCUT2D eigenvalue weighted by Gasteiger charge is -2.26. The number of nitrogens with two attached hydrogens (primary N) is 1. The van der Waals surface area contributed by atoms with Crippen LogP contribution in [0.2, 0.25) is 0 Å². The van der Waals surface area contributed by atoms with E-state index in [4.69, 9.17) is 5.73 Å². The molecule has 0 bridgehead atoms. The molecule has 0 saturated heterocycles. The van der Waals surface area contributed by atoms with Gasteiger partial charge in [0.05, 0.1) is 12.1 Å². The van der Waals surface area contributed by atoms with Crippen molar-refractivity contribution in [2.45, 2.75) is 32.9 Å². The molecule has 0 spiro atoms. The van der Waals surface area contributed by atoms with Gasteiger partial charge in [-0.3, -0.25) is 4.79 Å². The molecule has 1 amide bonds. The first-order valence-electron chi connectivity index (χ1n) is 5.56. The van der Waals surface area contributed by atoms with E-state index in [0.717, 1.165) is 5.56 Å². The minimum Gasteiger partial charge on any atom is -0.387 e. The zero-order chi connectivity index (χ0) is 13.1. The van der Waals surface area contributed by atoms with Gasteiger partial charge in [0.15, 0.2) is 0 Å². The van der Waals surface area contributed by atoms with Crippen LogP contribution in [0.15, 0.2) is 16.8 Å². The molecule has 0 aliphatic heterocycles. The number of hydrogen-bond donors (Lipinski definition) is 3. The maximum Gasteiger partial charge on any atom is 0.237 e. The van der Waals surface area contributed by atoms with Crippen LogP contribution in [-0.2, 0) is 4.79 Å². The van der Waals surface area contributed by atoms with Gasteiger partial charge in [-0.05, 0) is 27.8 Å². The molecule has 0 saturated carbocycles. The normalized spacial score (nSPS) is 15.4. The molecule has 1 aromatic rings. The first-order chi connectivity index (χ1) is 7.82. The molecule has 0 aliphatic rings. The number of rotatable bonds is 4. The summed E-state index contributed by atoms with van der Waals surface area (Å²) in [5, 5.41) is 16.2. The summed E-state index contributed by atoms with van der Waals surface area (Å²) < 4.78 is 0. The fourth-order valence-corrected chi connectivity index (χ4v) is 1.99. The number of thiophene rings is 1. The number of amides is 1. The molecule has 4 N–H and O–H groups in total. The van der Waals surface area contributed by atoms with E-state index in [0.29, 0.717) is 0 Å². The van der Waals surface area contributed by atoms with E-state index in [-0.39, 0.29) is 17.9 Å². The highest BCUT2D eigenvalue weighted by Gasteiger charge is 2.27. The van der Waals surface area contributed by atoms with E-state index in [2.05, 4.69) is 5.32 Å². The number of carbonyl (C=O) groups is 1. The molecule has 17 heavy (non-hydrogen) atoms. The van der Waals surface area contributed by atoms with Crippen LogP contribution in [0.3, 0.4) is 0 Å². The lowest BCUT2D eigenvalue weighted by Crippen LogP contribution is -2.49. The average Bonchev–Trinajstić information content (AvgIpc) is 2.76. The monoisotopic (exact) mass is 256 g/mol. The zero-order valence-electron chi connectivity index (χ0n) is 10.4. The van der Waals surface area contributed by atoms with Gasteiger partial charge in [-0.15, -0.1) is 0 Å². The van der Waals surface area contributed by atoms with Crippen LogP contribution >= 0.6 is 11.3 Å². The standard InChI is InChI=1S/C12H20N2O2S/c1-12(2,3)10(13)11(16)14-6-9(15)8-4-5-17-7-8/h4-5,7,9-10,15H,6,13H2,1-3H3,(H,14,16)/t9?,10-/m1/s1. The maximum absolute atomic E-state index is 11.7. The highest BCUT2D eigenvalue weighted by atomic mass is 32.1. The van der Waals surface area contributed by atoms with Crippen LogP contribution in [0, 0.1) is 5.41 Å². The predicted molar refractivity (Wildman–Crippen MR) is 69.7 cm³/mol. The Morgan fingerprint density at radius 2 is 2.24 bits per heavy atom. The van der Waals surface area contributed by atoms with Crippen molar-refractivity contribution in [3.8, 4) is 0 Å². The Balaban J connectivity index is 2.44.